The number of carbonyl (C=O) groups excluding carboxylic acids is 1. The van der Waals surface area contributed by atoms with Crippen LogP contribution in [0.5, 0.6) is 0 Å². The van der Waals surface area contributed by atoms with E-state index in [4.69, 9.17) is 0 Å². The van der Waals surface area contributed by atoms with Crippen LogP contribution in [-0.4, -0.2) is 27.9 Å². The molecule has 0 aliphatic carbocycles. The average Bonchev–Trinajstić information content (AvgIpc) is 2.78. The Kier molecular flexibility index (Phi) is 6.74. The van der Waals surface area contributed by atoms with Crippen LogP contribution in [-0.2, 0) is 21.2 Å². The molecule has 7 heteroatoms. The summed E-state index contributed by atoms with van der Waals surface area (Å²) in [5, 5.41) is 5.80. The van der Waals surface area contributed by atoms with Crippen molar-refractivity contribution in [3.63, 3.8) is 0 Å². The maximum absolute atomic E-state index is 12.9. The first kappa shape index (κ1) is 21.4. The van der Waals surface area contributed by atoms with E-state index in [1.54, 1.807) is 36.4 Å². The maximum Gasteiger partial charge on any atom is 0.264 e. The van der Waals surface area contributed by atoms with E-state index in [1.807, 2.05) is 30.3 Å². The van der Waals surface area contributed by atoms with Gasteiger partial charge in [-0.05, 0) is 54.4 Å². The third-order valence-corrected chi connectivity index (χ3v) is 6.49. The fourth-order valence-corrected chi connectivity index (χ4v) is 4.15. The summed E-state index contributed by atoms with van der Waals surface area (Å²) >= 11 is 0. The van der Waals surface area contributed by atoms with E-state index in [2.05, 4.69) is 17.6 Å². The fourth-order valence-electron chi connectivity index (χ4n) is 2.91. The molecule has 3 rings (SSSR count). The molecule has 0 heterocycles. The SMILES string of the molecule is CCc1ccc(NC(=O)CNc2cccc(S(=O)(=O)N(C)c3ccccc3)c2)cc1. The normalized spacial score (nSPS) is 11.0. The van der Waals surface area contributed by atoms with Crippen LogP contribution in [0.2, 0.25) is 0 Å². The molecule has 2 N–H and O–H groups in total. The molecule has 1 amide bonds. The molecule has 0 saturated heterocycles. The van der Waals surface area contributed by atoms with Gasteiger partial charge >= 0.3 is 0 Å². The number of benzene rings is 3. The van der Waals surface area contributed by atoms with Crippen molar-refractivity contribution in [3.05, 3.63) is 84.4 Å². The van der Waals surface area contributed by atoms with Crippen LogP contribution in [0.3, 0.4) is 0 Å². The third kappa shape index (κ3) is 5.18. The summed E-state index contributed by atoms with van der Waals surface area (Å²) in [6.45, 7) is 2.09. The monoisotopic (exact) mass is 423 g/mol. The van der Waals surface area contributed by atoms with Gasteiger partial charge in [0.15, 0.2) is 0 Å². The first-order valence-electron chi connectivity index (χ1n) is 9.67. The van der Waals surface area contributed by atoms with E-state index in [-0.39, 0.29) is 17.3 Å². The zero-order valence-electron chi connectivity index (χ0n) is 17.0. The van der Waals surface area contributed by atoms with Crippen LogP contribution in [0.15, 0.2) is 83.8 Å². The van der Waals surface area contributed by atoms with Gasteiger partial charge < -0.3 is 10.6 Å². The molecule has 0 fully saturated rings. The first-order chi connectivity index (χ1) is 14.4. The van der Waals surface area contributed by atoms with Crippen molar-refractivity contribution in [3.8, 4) is 0 Å². The molecule has 0 aliphatic heterocycles. The number of carbonyl (C=O) groups is 1. The standard InChI is InChI=1S/C23H25N3O3S/c1-3-18-12-14-19(15-13-18)25-23(27)17-24-20-8-7-11-22(16-20)30(28,29)26(2)21-9-5-4-6-10-21/h4-16,24H,3,17H2,1-2H3,(H,25,27). The molecule has 156 valence electrons. The van der Waals surface area contributed by atoms with Gasteiger partial charge in [-0.2, -0.15) is 0 Å². The number of hydrogen-bond donors (Lipinski definition) is 2. The lowest BCUT2D eigenvalue weighted by molar-refractivity contribution is -0.114. The largest absolute Gasteiger partial charge is 0.376 e. The molecule has 3 aromatic carbocycles. The Morgan fingerprint density at radius 2 is 1.60 bits per heavy atom. The minimum atomic E-state index is -3.72. The second kappa shape index (κ2) is 9.45. The molecule has 0 spiro atoms. The Bertz CT molecular complexity index is 1100. The lowest BCUT2D eigenvalue weighted by atomic mass is 10.1. The summed E-state index contributed by atoms with van der Waals surface area (Å²) in [6, 6.07) is 23.0. The minimum Gasteiger partial charge on any atom is -0.376 e. The van der Waals surface area contributed by atoms with Gasteiger partial charge in [0.1, 0.15) is 0 Å². The van der Waals surface area contributed by atoms with Gasteiger partial charge in [0, 0.05) is 18.4 Å². The number of anilines is 3. The Balaban J connectivity index is 1.65. The number of rotatable bonds is 8. The van der Waals surface area contributed by atoms with Gasteiger partial charge in [-0.3, -0.25) is 9.10 Å². The summed E-state index contributed by atoms with van der Waals surface area (Å²) in [4.78, 5) is 12.4. The van der Waals surface area contributed by atoms with Gasteiger partial charge in [0.05, 0.1) is 17.1 Å². The lowest BCUT2D eigenvalue weighted by Crippen LogP contribution is -2.26. The summed E-state index contributed by atoms with van der Waals surface area (Å²) < 4.78 is 27.1. The van der Waals surface area contributed by atoms with Crippen molar-refractivity contribution in [2.45, 2.75) is 18.2 Å². The number of nitrogens with one attached hydrogen (secondary N) is 2. The smallest absolute Gasteiger partial charge is 0.264 e. The molecule has 0 aromatic heterocycles. The van der Waals surface area contributed by atoms with Gasteiger partial charge in [-0.15, -0.1) is 0 Å². The van der Waals surface area contributed by atoms with E-state index in [0.29, 0.717) is 11.4 Å². The van der Waals surface area contributed by atoms with Crippen molar-refractivity contribution >= 4 is 33.0 Å². The van der Waals surface area contributed by atoms with Crippen LogP contribution < -0.4 is 14.9 Å². The fraction of sp³-hybridized carbons (Fsp3) is 0.174. The Morgan fingerprint density at radius 3 is 2.27 bits per heavy atom. The van der Waals surface area contributed by atoms with E-state index in [0.717, 1.165) is 12.1 Å². The number of nitrogens with zero attached hydrogens (tertiary/aromatic N) is 1. The molecule has 0 saturated carbocycles. The highest BCUT2D eigenvalue weighted by Gasteiger charge is 2.21. The number of hydrogen-bond acceptors (Lipinski definition) is 4. The summed E-state index contributed by atoms with van der Waals surface area (Å²) in [6.07, 6.45) is 0.939. The molecular formula is C23H25N3O3S. The van der Waals surface area contributed by atoms with Crippen molar-refractivity contribution in [2.24, 2.45) is 0 Å². The summed E-state index contributed by atoms with van der Waals surface area (Å²) in [7, 11) is -2.20. The highest BCUT2D eigenvalue weighted by Crippen LogP contribution is 2.23. The van der Waals surface area contributed by atoms with E-state index in [9.17, 15) is 13.2 Å². The topological polar surface area (TPSA) is 78.5 Å². The molecular weight excluding hydrogens is 398 g/mol. The van der Waals surface area contributed by atoms with Crippen molar-refractivity contribution in [1.82, 2.24) is 0 Å². The molecule has 0 atom stereocenters. The number of para-hydroxylation sites is 1. The minimum absolute atomic E-state index is 0.0214. The van der Waals surface area contributed by atoms with Crippen LogP contribution >= 0.6 is 0 Å². The van der Waals surface area contributed by atoms with Gasteiger partial charge in [-0.25, -0.2) is 8.42 Å². The quantitative estimate of drug-likeness (QED) is 0.571. The zero-order valence-corrected chi connectivity index (χ0v) is 17.8. The highest BCUT2D eigenvalue weighted by molar-refractivity contribution is 7.92. The second-order valence-electron chi connectivity index (χ2n) is 6.79. The predicted octanol–water partition coefficient (Wildman–Crippen LogP) is 4.12. The molecule has 6 nitrogen and oxygen atoms in total. The van der Waals surface area contributed by atoms with E-state index >= 15 is 0 Å². The maximum atomic E-state index is 12.9. The highest BCUT2D eigenvalue weighted by atomic mass is 32.2. The van der Waals surface area contributed by atoms with Crippen molar-refractivity contribution in [2.75, 3.05) is 28.5 Å². The molecule has 30 heavy (non-hydrogen) atoms. The Morgan fingerprint density at radius 1 is 0.900 bits per heavy atom. The predicted molar refractivity (Wildman–Crippen MR) is 121 cm³/mol. The Labute approximate surface area is 177 Å². The van der Waals surface area contributed by atoms with Crippen LogP contribution in [0.1, 0.15) is 12.5 Å². The molecule has 3 aromatic rings. The molecule has 0 unspecified atom stereocenters. The van der Waals surface area contributed by atoms with Gasteiger partial charge in [0.25, 0.3) is 10.0 Å². The van der Waals surface area contributed by atoms with Crippen LogP contribution in [0.25, 0.3) is 0 Å². The van der Waals surface area contributed by atoms with Gasteiger partial charge in [-0.1, -0.05) is 43.3 Å². The lowest BCUT2D eigenvalue weighted by Gasteiger charge is -2.20. The second-order valence-corrected chi connectivity index (χ2v) is 8.76. The zero-order chi connectivity index (χ0) is 21.6. The van der Waals surface area contributed by atoms with E-state index in [1.165, 1.54) is 29.0 Å². The average molecular weight is 424 g/mol. The third-order valence-electron chi connectivity index (χ3n) is 4.71. The number of amides is 1. The van der Waals surface area contributed by atoms with Crippen LogP contribution in [0, 0.1) is 0 Å². The summed E-state index contributed by atoms with van der Waals surface area (Å²) in [5.74, 6) is -0.214. The summed E-state index contributed by atoms with van der Waals surface area (Å²) in [5.41, 5.74) is 3.04. The van der Waals surface area contributed by atoms with Crippen molar-refractivity contribution in [1.29, 1.82) is 0 Å². The molecule has 0 aliphatic rings. The number of sulfonamides is 1. The first-order valence-corrected chi connectivity index (χ1v) is 11.1. The van der Waals surface area contributed by atoms with E-state index < -0.39 is 10.0 Å². The Hall–Kier alpha value is -3.32. The molecule has 0 bridgehead atoms. The van der Waals surface area contributed by atoms with Crippen molar-refractivity contribution < 1.29 is 13.2 Å². The van der Waals surface area contributed by atoms with Crippen LogP contribution in [0.4, 0.5) is 17.1 Å². The number of aryl methyl sites for hydroxylation is 1. The molecule has 0 radical (unpaired) electrons. The van der Waals surface area contributed by atoms with Gasteiger partial charge in [0.2, 0.25) is 5.91 Å².